The zero-order valence-corrected chi connectivity index (χ0v) is 11.9. The Morgan fingerprint density at radius 3 is 2.45 bits per heavy atom. The van der Waals surface area contributed by atoms with Crippen molar-refractivity contribution in [2.75, 3.05) is 23.4 Å². The van der Waals surface area contributed by atoms with Crippen molar-refractivity contribution in [1.82, 2.24) is 0 Å². The number of amides is 2. The van der Waals surface area contributed by atoms with Gasteiger partial charge in [0.2, 0.25) is 5.91 Å². The van der Waals surface area contributed by atoms with E-state index in [1.807, 2.05) is 26.0 Å². The molecule has 1 fully saturated rings. The lowest BCUT2D eigenvalue weighted by Crippen LogP contribution is -2.23. The van der Waals surface area contributed by atoms with Crippen LogP contribution in [0.25, 0.3) is 0 Å². The lowest BCUT2D eigenvalue weighted by molar-refractivity contribution is -0.120. The van der Waals surface area contributed by atoms with Gasteiger partial charge in [-0.15, -0.1) is 0 Å². The summed E-state index contributed by atoms with van der Waals surface area (Å²) < 4.78 is 4.89. The van der Waals surface area contributed by atoms with Gasteiger partial charge in [-0.05, 0) is 37.1 Å². The first-order valence-electron chi connectivity index (χ1n) is 7.01. The molecule has 1 aliphatic rings. The quantitative estimate of drug-likeness (QED) is 0.899. The van der Waals surface area contributed by atoms with Crippen LogP contribution in [-0.2, 0) is 9.53 Å². The van der Waals surface area contributed by atoms with Gasteiger partial charge in [0.25, 0.3) is 0 Å². The topological polar surface area (TPSA) is 58.6 Å². The number of hydrogen-bond donors (Lipinski definition) is 1. The van der Waals surface area contributed by atoms with Gasteiger partial charge in [0.05, 0.1) is 6.54 Å². The molecule has 1 aliphatic heterocycles. The molecule has 5 nitrogen and oxygen atoms in total. The number of cyclic esters (lactones) is 1. The van der Waals surface area contributed by atoms with E-state index in [1.54, 1.807) is 17.0 Å². The highest BCUT2D eigenvalue weighted by Crippen LogP contribution is 2.21. The summed E-state index contributed by atoms with van der Waals surface area (Å²) in [6.07, 6.45) is 1.35. The van der Waals surface area contributed by atoms with E-state index in [0.717, 1.165) is 24.2 Å². The standard InChI is InChI=1S/C15H20N2O3/c1-3-11(4-2)14(18)16-12-5-7-13(8-6-12)17-9-10-20-15(17)19/h5-8,11H,3-4,9-10H2,1-2H3,(H,16,18). The Kier molecular flexibility index (Phi) is 4.61. The van der Waals surface area contributed by atoms with E-state index < -0.39 is 0 Å². The van der Waals surface area contributed by atoms with Crippen molar-refractivity contribution < 1.29 is 14.3 Å². The first-order chi connectivity index (χ1) is 9.65. The van der Waals surface area contributed by atoms with Gasteiger partial charge >= 0.3 is 6.09 Å². The van der Waals surface area contributed by atoms with E-state index >= 15 is 0 Å². The summed E-state index contributed by atoms with van der Waals surface area (Å²) >= 11 is 0. The van der Waals surface area contributed by atoms with E-state index in [9.17, 15) is 9.59 Å². The molecule has 0 aromatic heterocycles. The molecule has 1 aromatic carbocycles. The van der Waals surface area contributed by atoms with Gasteiger partial charge in [-0.2, -0.15) is 0 Å². The molecule has 2 rings (SSSR count). The minimum absolute atomic E-state index is 0.0447. The molecule has 0 atom stereocenters. The predicted octanol–water partition coefficient (Wildman–Crippen LogP) is 3.02. The highest BCUT2D eigenvalue weighted by atomic mass is 16.6. The third kappa shape index (κ3) is 3.10. The average molecular weight is 276 g/mol. The van der Waals surface area contributed by atoms with Crippen molar-refractivity contribution in [3.63, 3.8) is 0 Å². The molecule has 0 radical (unpaired) electrons. The lowest BCUT2D eigenvalue weighted by atomic mass is 10.0. The number of ether oxygens (including phenoxy) is 1. The second kappa shape index (κ2) is 6.41. The highest BCUT2D eigenvalue weighted by molar-refractivity contribution is 5.93. The van der Waals surface area contributed by atoms with Crippen molar-refractivity contribution in [3.8, 4) is 0 Å². The van der Waals surface area contributed by atoms with Gasteiger partial charge in [-0.25, -0.2) is 4.79 Å². The number of anilines is 2. The van der Waals surface area contributed by atoms with E-state index in [-0.39, 0.29) is 17.9 Å². The van der Waals surface area contributed by atoms with Crippen LogP contribution in [0.3, 0.4) is 0 Å². The fraction of sp³-hybridized carbons (Fsp3) is 0.467. The summed E-state index contributed by atoms with van der Waals surface area (Å²) in [5, 5.41) is 2.90. The van der Waals surface area contributed by atoms with E-state index in [4.69, 9.17) is 4.74 Å². The molecule has 2 amide bonds. The first kappa shape index (κ1) is 14.4. The molecule has 0 aliphatic carbocycles. The second-order valence-electron chi connectivity index (χ2n) is 4.82. The maximum atomic E-state index is 12.0. The Labute approximate surface area is 118 Å². The zero-order chi connectivity index (χ0) is 14.5. The number of hydrogen-bond acceptors (Lipinski definition) is 3. The number of benzene rings is 1. The van der Waals surface area contributed by atoms with Crippen molar-refractivity contribution >= 4 is 23.4 Å². The lowest BCUT2D eigenvalue weighted by Gasteiger charge is -2.15. The molecule has 0 saturated carbocycles. The normalized spacial score (nSPS) is 14.6. The number of nitrogens with zero attached hydrogens (tertiary/aromatic N) is 1. The Balaban J connectivity index is 2.01. The molecular formula is C15H20N2O3. The van der Waals surface area contributed by atoms with Gasteiger partial charge < -0.3 is 10.1 Å². The minimum Gasteiger partial charge on any atom is -0.447 e. The molecule has 0 bridgehead atoms. The summed E-state index contributed by atoms with van der Waals surface area (Å²) in [7, 11) is 0. The van der Waals surface area contributed by atoms with Gasteiger partial charge in [-0.3, -0.25) is 9.69 Å². The molecule has 1 N–H and O–H groups in total. The summed E-state index contributed by atoms with van der Waals surface area (Å²) in [6.45, 7) is 5.01. The largest absolute Gasteiger partial charge is 0.447 e. The second-order valence-corrected chi connectivity index (χ2v) is 4.82. The molecule has 0 unspecified atom stereocenters. The predicted molar refractivity (Wildman–Crippen MR) is 77.8 cm³/mol. The monoisotopic (exact) mass is 276 g/mol. The number of nitrogens with one attached hydrogen (secondary N) is 1. The fourth-order valence-electron chi connectivity index (χ4n) is 2.26. The van der Waals surface area contributed by atoms with Crippen LogP contribution >= 0.6 is 0 Å². The van der Waals surface area contributed by atoms with Crippen LogP contribution < -0.4 is 10.2 Å². The van der Waals surface area contributed by atoms with Gasteiger partial charge in [0, 0.05) is 17.3 Å². The molecule has 1 saturated heterocycles. The SMILES string of the molecule is CCC(CC)C(=O)Nc1ccc(N2CCOC2=O)cc1. The number of carbonyl (C=O) groups excluding carboxylic acids is 2. The van der Waals surface area contributed by atoms with Crippen LogP contribution in [0.2, 0.25) is 0 Å². The van der Waals surface area contributed by atoms with Crippen LogP contribution in [0.5, 0.6) is 0 Å². The first-order valence-corrected chi connectivity index (χ1v) is 7.01. The van der Waals surface area contributed by atoms with Gasteiger partial charge in [-0.1, -0.05) is 13.8 Å². The molecule has 1 heterocycles. The third-order valence-corrected chi connectivity index (χ3v) is 3.56. The molecule has 1 aromatic rings. The molecule has 5 heteroatoms. The Hall–Kier alpha value is -2.04. The summed E-state index contributed by atoms with van der Waals surface area (Å²) in [4.78, 5) is 25.0. The van der Waals surface area contributed by atoms with Crippen LogP contribution in [0, 0.1) is 5.92 Å². The van der Waals surface area contributed by atoms with E-state index in [1.165, 1.54) is 0 Å². The Morgan fingerprint density at radius 2 is 1.95 bits per heavy atom. The fourth-order valence-corrected chi connectivity index (χ4v) is 2.26. The third-order valence-electron chi connectivity index (χ3n) is 3.56. The maximum Gasteiger partial charge on any atom is 0.414 e. The Morgan fingerprint density at radius 1 is 1.30 bits per heavy atom. The van der Waals surface area contributed by atoms with Crippen LogP contribution in [0.4, 0.5) is 16.2 Å². The number of rotatable bonds is 5. The summed E-state index contributed by atoms with van der Waals surface area (Å²) in [5.41, 5.74) is 1.53. The van der Waals surface area contributed by atoms with Crippen LogP contribution in [0.1, 0.15) is 26.7 Å². The van der Waals surface area contributed by atoms with Crippen molar-refractivity contribution in [1.29, 1.82) is 0 Å². The maximum absolute atomic E-state index is 12.0. The van der Waals surface area contributed by atoms with Crippen LogP contribution in [0.15, 0.2) is 24.3 Å². The van der Waals surface area contributed by atoms with Gasteiger partial charge in [0.1, 0.15) is 6.61 Å². The van der Waals surface area contributed by atoms with Crippen molar-refractivity contribution in [3.05, 3.63) is 24.3 Å². The Bertz CT molecular complexity index is 480. The molecule has 20 heavy (non-hydrogen) atoms. The minimum atomic E-state index is -0.321. The van der Waals surface area contributed by atoms with Crippen molar-refractivity contribution in [2.45, 2.75) is 26.7 Å². The average Bonchev–Trinajstić information content (AvgIpc) is 2.87. The summed E-state index contributed by atoms with van der Waals surface area (Å²) in [6, 6.07) is 7.24. The highest BCUT2D eigenvalue weighted by Gasteiger charge is 2.23. The van der Waals surface area contributed by atoms with E-state index in [0.29, 0.717) is 13.2 Å². The molecule has 0 spiro atoms. The zero-order valence-electron chi connectivity index (χ0n) is 11.9. The summed E-state index contributed by atoms with van der Waals surface area (Å²) in [5.74, 6) is 0.0894. The van der Waals surface area contributed by atoms with Gasteiger partial charge in [0.15, 0.2) is 0 Å². The smallest absolute Gasteiger partial charge is 0.414 e. The molecule has 108 valence electrons. The number of carbonyl (C=O) groups is 2. The molecular weight excluding hydrogens is 256 g/mol. The van der Waals surface area contributed by atoms with Crippen LogP contribution in [-0.4, -0.2) is 25.2 Å². The van der Waals surface area contributed by atoms with Crippen molar-refractivity contribution in [2.24, 2.45) is 5.92 Å². The van der Waals surface area contributed by atoms with E-state index in [2.05, 4.69) is 5.32 Å².